The van der Waals surface area contributed by atoms with Crippen molar-refractivity contribution >= 4 is 33.4 Å². The average Bonchev–Trinajstić information content (AvgIpc) is 3.26. The van der Waals surface area contributed by atoms with Crippen LogP contribution in [0.1, 0.15) is 23.1 Å². The molecule has 2 heterocycles. The second-order valence-corrected chi connectivity index (χ2v) is 14.7. The summed E-state index contributed by atoms with van der Waals surface area (Å²) in [5, 5.41) is 5.22. The van der Waals surface area contributed by atoms with Gasteiger partial charge in [-0.2, -0.15) is 0 Å². The lowest BCUT2D eigenvalue weighted by atomic mass is 9.89. The normalized spacial score (nSPS) is 12.0. The molecule has 0 aliphatic carbocycles. The summed E-state index contributed by atoms with van der Waals surface area (Å²) in [6.07, 6.45) is 3.98. The van der Waals surface area contributed by atoms with E-state index in [1.54, 1.807) is 0 Å². The van der Waals surface area contributed by atoms with Crippen molar-refractivity contribution in [2.75, 3.05) is 0 Å². The van der Waals surface area contributed by atoms with Gasteiger partial charge in [-0.1, -0.05) is 146 Å². The highest BCUT2D eigenvalue weighted by molar-refractivity contribution is 6.14. The maximum Gasteiger partial charge on any atom is 0.164 e. The summed E-state index contributed by atoms with van der Waals surface area (Å²) in [4.78, 5) is 20.1. The minimum absolute atomic E-state index is 0. The summed E-state index contributed by atoms with van der Waals surface area (Å²) in [5.41, 5.74) is 14.5. The summed E-state index contributed by atoms with van der Waals surface area (Å²) in [6, 6.07) is 58.2. The van der Waals surface area contributed by atoms with Crippen LogP contribution in [0.25, 0.3) is 89.1 Å². The quantitative estimate of drug-likeness (QED) is 0.172. The first-order chi connectivity index (χ1) is 27.6. The zero-order valence-corrected chi connectivity index (χ0v) is 32.1. The number of fused-ring (bicyclic) bond motifs is 4. The molecule has 274 valence electrons. The van der Waals surface area contributed by atoms with Gasteiger partial charge >= 0.3 is 0 Å². The Labute approximate surface area is 333 Å². The van der Waals surface area contributed by atoms with Gasteiger partial charge in [0.15, 0.2) is 17.5 Å². The van der Waals surface area contributed by atoms with Gasteiger partial charge in [-0.15, -0.1) is 0 Å². The van der Waals surface area contributed by atoms with E-state index < -0.39 is 0 Å². The van der Waals surface area contributed by atoms with E-state index in [2.05, 4.69) is 117 Å². The Bertz CT molecular complexity index is 2910. The molecule has 10 rings (SSSR count). The number of aliphatic imine (C=N–C) groups is 1. The molecule has 0 amide bonds. The van der Waals surface area contributed by atoms with Gasteiger partial charge in [0.05, 0.1) is 5.69 Å². The lowest BCUT2D eigenvalue weighted by Gasteiger charge is -2.17. The Kier molecular flexibility index (Phi) is 9.29. The third kappa shape index (κ3) is 6.58. The van der Waals surface area contributed by atoms with Crippen LogP contribution in [-0.2, 0) is 6.42 Å². The molecule has 0 bridgehead atoms. The van der Waals surface area contributed by atoms with Gasteiger partial charge in [0, 0.05) is 28.5 Å². The Morgan fingerprint density at radius 1 is 0.421 bits per heavy atom. The molecule has 0 saturated heterocycles. The van der Waals surface area contributed by atoms with Crippen LogP contribution < -0.4 is 6.15 Å². The highest BCUT2D eigenvalue weighted by Crippen LogP contribution is 2.41. The molecule has 0 radical (unpaired) electrons. The zero-order chi connectivity index (χ0) is 37.6. The van der Waals surface area contributed by atoms with E-state index >= 15 is 0 Å². The van der Waals surface area contributed by atoms with Crippen molar-refractivity contribution in [3.63, 3.8) is 0 Å². The Balaban J connectivity index is 0.00000422. The SMILES string of the molecule is Cc1cccc2ccc3c(-c4ccc(-c5cc(-c6nc(-c7ccccc7)nc(-c7ccccc7)n6)cc(-c6cccc7c6N=CCC7)c5)cc4)ccc(C)c3c12.N. The molecule has 0 atom stereocenters. The van der Waals surface area contributed by atoms with Crippen LogP contribution in [0.3, 0.4) is 0 Å². The molecule has 1 aliphatic rings. The first kappa shape index (κ1) is 35.6. The number of benzene rings is 8. The van der Waals surface area contributed by atoms with Crippen molar-refractivity contribution in [3.05, 3.63) is 180 Å². The van der Waals surface area contributed by atoms with Gasteiger partial charge in [0.2, 0.25) is 0 Å². The molecule has 1 aromatic heterocycles. The Hall–Kier alpha value is -7.08. The topological polar surface area (TPSA) is 86.0 Å². The van der Waals surface area contributed by atoms with Crippen LogP contribution in [0.4, 0.5) is 5.69 Å². The number of para-hydroxylation sites is 1. The summed E-state index contributed by atoms with van der Waals surface area (Å²) >= 11 is 0. The van der Waals surface area contributed by atoms with Gasteiger partial charge in [-0.05, 0) is 111 Å². The van der Waals surface area contributed by atoms with E-state index in [1.165, 1.54) is 49.4 Å². The monoisotopic (exact) mass is 735 g/mol. The lowest BCUT2D eigenvalue weighted by molar-refractivity contribution is 1.03. The van der Waals surface area contributed by atoms with E-state index in [4.69, 9.17) is 19.9 Å². The maximum atomic E-state index is 5.12. The molecule has 5 heteroatoms. The van der Waals surface area contributed by atoms with Crippen molar-refractivity contribution in [1.29, 1.82) is 0 Å². The summed E-state index contributed by atoms with van der Waals surface area (Å²) in [6.45, 7) is 4.43. The molecule has 0 saturated carbocycles. The first-order valence-corrected chi connectivity index (χ1v) is 19.3. The number of rotatable bonds is 6. The van der Waals surface area contributed by atoms with Crippen molar-refractivity contribution in [1.82, 2.24) is 21.1 Å². The highest BCUT2D eigenvalue weighted by Gasteiger charge is 2.18. The van der Waals surface area contributed by atoms with E-state index in [1.807, 2.05) is 66.9 Å². The molecule has 0 spiro atoms. The second-order valence-electron chi connectivity index (χ2n) is 14.7. The number of aromatic nitrogens is 3. The van der Waals surface area contributed by atoms with Crippen molar-refractivity contribution in [2.45, 2.75) is 26.7 Å². The number of hydrogen-bond acceptors (Lipinski definition) is 5. The fourth-order valence-electron chi connectivity index (χ4n) is 8.24. The van der Waals surface area contributed by atoms with Crippen LogP contribution in [0.2, 0.25) is 0 Å². The van der Waals surface area contributed by atoms with E-state index in [9.17, 15) is 0 Å². The van der Waals surface area contributed by atoms with Gasteiger partial charge in [0.1, 0.15) is 0 Å². The minimum atomic E-state index is 0. The van der Waals surface area contributed by atoms with E-state index in [0.29, 0.717) is 17.5 Å². The molecule has 5 nitrogen and oxygen atoms in total. The zero-order valence-electron chi connectivity index (χ0n) is 32.1. The predicted octanol–water partition coefficient (Wildman–Crippen LogP) is 13.6. The van der Waals surface area contributed by atoms with Crippen LogP contribution in [0, 0.1) is 13.8 Å². The molecular formula is C52H41N5. The largest absolute Gasteiger partial charge is 0.344 e. The van der Waals surface area contributed by atoms with Crippen molar-refractivity contribution in [3.8, 4) is 67.5 Å². The third-order valence-corrected chi connectivity index (χ3v) is 11.1. The van der Waals surface area contributed by atoms with E-state index in [0.717, 1.165) is 57.5 Å². The number of hydrogen-bond donors (Lipinski definition) is 1. The smallest absolute Gasteiger partial charge is 0.164 e. The Morgan fingerprint density at radius 2 is 1.04 bits per heavy atom. The van der Waals surface area contributed by atoms with Crippen molar-refractivity contribution in [2.24, 2.45) is 4.99 Å². The van der Waals surface area contributed by atoms with Crippen LogP contribution in [0.15, 0.2) is 169 Å². The van der Waals surface area contributed by atoms with Crippen LogP contribution in [-0.4, -0.2) is 21.2 Å². The fourth-order valence-corrected chi connectivity index (χ4v) is 8.24. The molecule has 8 aromatic carbocycles. The molecule has 0 fully saturated rings. The van der Waals surface area contributed by atoms with Gasteiger partial charge in [-0.25, -0.2) is 15.0 Å². The minimum Gasteiger partial charge on any atom is -0.344 e. The third-order valence-electron chi connectivity index (χ3n) is 11.1. The number of nitrogens with zero attached hydrogens (tertiary/aromatic N) is 4. The summed E-state index contributed by atoms with van der Waals surface area (Å²) in [7, 11) is 0. The molecular weight excluding hydrogens is 695 g/mol. The molecule has 1 aliphatic heterocycles. The van der Waals surface area contributed by atoms with Crippen LogP contribution >= 0.6 is 0 Å². The fraction of sp³-hybridized carbons (Fsp3) is 0.0769. The number of aryl methyl sites for hydroxylation is 3. The summed E-state index contributed by atoms with van der Waals surface area (Å²) in [5.74, 6) is 1.90. The maximum absolute atomic E-state index is 5.12. The standard InChI is InChI=1S/C52H38N4.H3N/c1-33-12-9-17-37-26-28-46-44(27-21-34(2)48(46)47(33)37)36-24-22-35(23-25-36)41-30-42(45-20-10-18-38-19-11-29-53-49(38)45)32-43(31-41)52-55-50(39-13-5-3-6-14-39)54-51(56-52)40-15-7-4-8-16-40;/h3-10,12-18,20-32H,11,19H2,1-2H3;1H3. The first-order valence-electron chi connectivity index (χ1n) is 19.3. The molecule has 9 aromatic rings. The van der Waals surface area contributed by atoms with Gasteiger partial charge in [0.25, 0.3) is 0 Å². The predicted molar refractivity (Wildman–Crippen MR) is 238 cm³/mol. The van der Waals surface area contributed by atoms with Gasteiger partial charge in [-0.3, -0.25) is 4.99 Å². The average molecular weight is 736 g/mol. The Morgan fingerprint density at radius 3 is 1.75 bits per heavy atom. The summed E-state index contributed by atoms with van der Waals surface area (Å²) < 4.78 is 0. The molecule has 3 N–H and O–H groups in total. The highest BCUT2D eigenvalue weighted by atomic mass is 15.0. The lowest BCUT2D eigenvalue weighted by Crippen LogP contribution is -2.01. The van der Waals surface area contributed by atoms with Crippen molar-refractivity contribution < 1.29 is 0 Å². The van der Waals surface area contributed by atoms with Crippen LogP contribution in [0.5, 0.6) is 0 Å². The van der Waals surface area contributed by atoms with E-state index in [-0.39, 0.29) is 6.15 Å². The second kappa shape index (κ2) is 14.9. The molecule has 0 unspecified atom stereocenters. The van der Waals surface area contributed by atoms with Gasteiger partial charge < -0.3 is 6.15 Å². The molecule has 57 heavy (non-hydrogen) atoms.